The van der Waals surface area contributed by atoms with Gasteiger partial charge < -0.3 is 10.1 Å². The summed E-state index contributed by atoms with van der Waals surface area (Å²) in [7, 11) is 1.54. The minimum atomic E-state index is -0.757. The van der Waals surface area contributed by atoms with Crippen molar-refractivity contribution < 1.29 is 19.1 Å². The highest BCUT2D eigenvalue weighted by Crippen LogP contribution is 2.54. The molecule has 0 radical (unpaired) electrons. The standard InChI is InChI=1S/C27H19Cl2N3O5S3/c1-37-15-7-5-14(6-8-15)32-24(34)21-20(18-3-2-10-38-18)23-26(39-22(21)25(32)35)31(27(36)40-23)12-19(33)30-13-4-9-16(28)17(29)11-13/h2-11,20-22H,12H2,1H3,(H,30,33). The van der Waals surface area contributed by atoms with E-state index in [-0.39, 0.29) is 28.3 Å². The zero-order chi connectivity index (χ0) is 28.1. The number of imide groups is 1. The second-order valence-corrected chi connectivity index (χ2v) is 13.0. The van der Waals surface area contributed by atoms with Crippen LogP contribution < -0.4 is 19.8 Å². The molecule has 1 fully saturated rings. The minimum Gasteiger partial charge on any atom is -0.497 e. The van der Waals surface area contributed by atoms with Crippen molar-refractivity contribution in [3.8, 4) is 5.75 Å². The van der Waals surface area contributed by atoms with Crippen LogP contribution in [0.2, 0.25) is 10.0 Å². The topological polar surface area (TPSA) is 97.7 Å². The maximum absolute atomic E-state index is 13.8. The third-order valence-corrected chi connectivity index (χ3v) is 11.0. The van der Waals surface area contributed by atoms with Crippen molar-refractivity contribution in [1.82, 2.24) is 4.57 Å². The van der Waals surface area contributed by atoms with Crippen LogP contribution in [0.25, 0.3) is 0 Å². The molecule has 40 heavy (non-hydrogen) atoms. The summed E-state index contributed by atoms with van der Waals surface area (Å²) in [4.78, 5) is 56.2. The first kappa shape index (κ1) is 27.1. The predicted molar refractivity (Wildman–Crippen MR) is 158 cm³/mol. The molecule has 6 rings (SSSR count). The van der Waals surface area contributed by atoms with E-state index in [0.717, 1.165) is 16.2 Å². The maximum atomic E-state index is 13.8. The lowest BCUT2D eigenvalue weighted by atomic mass is 9.87. The number of hydrogen-bond donors (Lipinski definition) is 1. The first-order valence-electron chi connectivity index (χ1n) is 12.0. The maximum Gasteiger partial charge on any atom is 0.308 e. The van der Waals surface area contributed by atoms with Crippen molar-refractivity contribution in [3.63, 3.8) is 0 Å². The van der Waals surface area contributed by atoms with Gasteiger partial charge in [0.15, 0.2) is 0 Å². The van der Waals surface area contributed by atoms with Crippen LogP contribution in [-0.2, 0) is 20.9 Å². The molecule has 0 bridgehead atoms. The molecule has 8 nitrogen and oxygen atoms in total. The summed E-state index contributed by atoms with van der Waals surface area (Å²) < 4.78 is 6.59. The van der Waals surface area contributed by atoms with Crippen molar-refractivity contribution in [2.24, 2.45) is 5.92 Å². The van der Waals surface area contributed by atoms with Crippen LogP contribution >= 0.6 is 57.6 Å². The van der Waals surface area contributed by atoms with Gasteiger partial charge in [-0.25, -0.2) is 4.90 Å². The van der Waals surface area contributed by atoms with Crippen LogP contribution in [0.15, 0.2) is 69.8 Å². The fraction of sp³-hybridized carbons (Fsp3) is 0.185. The van der Waals surface area contributed by atoms with E-state index >= 15 is 0 Å². The van der Waals surface area contributed by atoms with Gasteiger partial charge in [0, 0.05) is 21.4 Å². The lowest BCUT2D eigenvalue weighted by molar-refractivity contribution is -0.122. The number of halogens is 2. The Balaban J connectivity index is 1.36. The molecule has 3 unspecified atom stereocenters. The summed E-state index contributed by atoms with van der Waals surface area (Å²) in [5.41, 5.74) is 0.893. The third-order valence-electron chi connectivity index (χ3n) is 6.73. The number of hydrogen-bond acceptors (Lipinski definition) is 8. The van der Waals surface area contributed by atoms with Gasteiger partial charge in [-0.05, 0) is 53.9 Å². The first-order chi connectivity index (χ1) is 19.3. The van der Waals surface area contributed by atoms with Crippen molar-refractivity contribution in [2.45, 2.75) is 22.7 Å². The molecule has 2 aromatic carbocycles. The number of nitrogens with one attached hydrogen (secondary N) is 1. The lowest BCUT2D eigenvalue weighted by Gasteiger charge is -2.29. The molecule has 0 saturated carbocycles. The molecule has 3 atom stereocenters. The normalized spacial score (nSPS) is 19.9. The Bertz CT molecular complexity index is 1700. The predicted octanol–water partition coefficient (Wildman–Crippen LogP) is 5.72. The molecular formula is C27H19Cl2N3O5S3. The minimum absolute atomic E-state index is 0.267. The fourth-order valence-electron chi connectivity index (χ4n) is 4.93. The van der Waals surface area contributed by atoms with E-state index in [2.05, 4.69) is 5.32 Å². The summed E-state index contributed by atoms with van der Waals surface area (Å²) in [6, 6.07) is 15.2. The molecule has 2 aliphatic rings. The second-order valence-electron chi connectivity index (χ2n) is 9.07. The molecule has 1 N–H and O–H groups in total. The molecule has 4 heterocycles. The van der Waals surface area contributed by atoms with Gasteiger partial charge in [-0.1, -0.05) is 52.4 Å². The molecule has 1 saturated heterocycles. The third kappa shape index (κ3) is 4.65. The van der Waals surface area contributed by atoms with Gasteiger partial charge in [-0.3, -0.25) is 23.7 Å². The van der Waals surface area contributed by atoms with Crippen LogP contribution in [0, 0.1) is 5.92 Å². The molecular weight excluding hydrogens is 613 g/mol. The van der Waals surface area contributed by atoms with Gasteiger partial charge in [-0.15, -0.1) is 11.3 Å². The summed E-state index contributed by atoms with van der Waals surface area (Å²) in [5, 5.41) is 5.05. The van der Waals surface area contributed by atoms with Crippen LogP contribution in [0.1, 0.15) is 15.7 Å². The number of ether oxygens (including phenoxy) is 1. The number of aromatic nitrogens is 1. The van der Waals surface area contributed by atoms with Gasteiger partial charge in [0.2, 0.25) is 17.7 Å². The van der Waals surface area contributed by atoms with E-state index in [1.54, 1.807) is 43.5 Å². The Hall–Kier alpha value is -3.09. The smallest absolute Gasteiger partial charge is 0.308 e. The number of carbonyl (C=O) groups is 3. The van der Waals surface area contributed by atoms with E-state index in [0.29, 0.717) is 32.1 Å². The Morgan fingerprint density at radius 3 is 2.48 bits per heavy atom. The van der Waals surface area contributed by atoms with Crippen LogP contribution in [0.5, 0.6) is 5.75 Å². The lowest BCUT2D eigenvalue weighted by Crippen LogP contribution is -2.32. The van der Waals surface area contributed by atoms with E-state index < -0.39 is 23.0 Å². The summed E-state index contributed by atoms with van der Waals surface area (Å²) in [6.07, 6.45) is 0. The molecule has 204 valence electrons. The Kier molecular flexibility index (Phi) is 7.26. The van der Waals surface area contributed by atoms with Crippen LogP contribution in [-0.4, -0.2) is 34.6 Å². The number of anilines is 2. The van der Waals surface area contributed by atoms with Gasteiger partial charge in [0.1, 0.15) is 17.5 Å². The zero-order valence-corrected chi connectivity index (χ0v) is 24.6. The van der Waals surface area contributed by atoms with E-state index in [1.165, 1.54) is 38.6 Å². The number of amides is 3. The van der Waals surface area contributed by atoms with E-state index in [1.807, 2.05) is 17.5 Å². The SMILES string of the molecule is COc1ccc(N2C(=O)C3Sc4c(sc(=O)n4CC(=O)Nc4ccc(Cl)c(Cl)c4)C(c4cccs4)C3C2=O)cc1. The van der Waals surface area contributed by atoms with Gasteiger partial charge in [0.05, 0.1) is 33.8 Å². The van der Waals surface area contributed by atoms with Gasteiger partial charge in [0.25, 0.3) is 0 Å². The molecule has 13 heteroatoms. The second kappa shape index (κ2) is 10.7. The monoisotopic (exact) mass is 631 g/mol. The average Bonchev–Trinajstić information content (AvgIpc) is 3.64. The highest BCUT2D eigenvalue weighted by molar-refractivity contribution is 8.00. The molecule has 2 aromatic heterocycles. The molecule has 4 aromatic rings. The average molecular weight is 633 g/mol. The zero-order valence-electron chi connectivity index (χ0n) is 20.6. The Labute approximate surface area is 250 Å². The van der Waals surface area contributed by atoms with Crippen molar-refractivity contribution in [2.75, 3.05) is 17.3 Å². The van der Waals surface area contributed by atoms with Crippen molar-refractivity contribution in [3.05, 3.63) is 89.4 Å². The van der Waals surface area contributed by atoms with Crippen molar-refractivity contribution >= 4 is 86.7 Å². The van der Waals surface area contributed by atoms with Crippen molar-refractivity contribution in [1.29, 1.82) is 0 Å². The largest absolute Gasteiger partial charge is 0.497 e. The first-order valence-corrected chi connectivity index (χ1v) is 15.3. The van der Waals surface area contributed by atoms with Crippen LogP contribution in [0.3, 0.4) is 0 Å². The number of methoxy groups -OCH3 is 1. The number of fused-ring (bicyclic) bond motifs is 2. The quantitative estimate of drug-likeness (QED) is 0.273. The van der Waals surface area contributed by atoms with Crippen LogP contribution in [0.4, 0.5) is 11.4 Å². The number of thiazole rings is 1. The van der Waals surface area contributed by atoms with Gasteiger partial charge >= 0.3 is 4.87 Å². The van der Waals surface area contributed by atoms with Gasteiger partial charge in [-0.2, -0.15) is 0 Å². The molecule has 3 amide bonds. The highest BCUT2D eigenvalue weighted by atomic mass is 35.5. The molecule has 0 aliphatic carbocycles. The fourth-order valence-corrected chi connectivity index (χ4v) is 8.95. The van der Waals surface area contributed by atoms with E-state index in [9.17, 15) is 19.2 Å². The number of thiophene rings is 1. The number of rotatable bonds is 6. The number of thioether (sulfide) groups is 1. The number of carbonyl (C=O) groups excluding carboxylic acids is 3. The highest BCUT2D eigenvalue weighted by Gasteiger charge is 2.57. The number of nitrogens with zero attached hydrogens (tertiary/aromatic N) is 2. The summed E-state index contributed by atoms with van der Waals surface area (Å²) >= 11 is 15.7. The number of benzene rings is 2. The molecule has 0 spiro atoms. The van der Waals surface area contributed by atoms with E-state index in [4.69, 9.17) is 27.9 Å². The Morgan fingerprint density at radius 1 is 1.02 bits per heavy atom. The Morgan fingerprint density at radius 2 is 1.80 bits per heavy atom. The summed E-state index contributed by atoms with van der Waals surface area (Å²) in [6.45, 7) is -0.267. The summed E-state index contributed by atoms with van der Waals surface area (Å²) in [5.74, 6) is -1.69. The molecule has 2 aliphatic heterocycles.